The van der Waals surface area contributed by atoms with Gasteiger partial charge >= 0.3 is 0 Å². The van der Waals surface area contributed by atoms with Gasteiger partial charge in [0.15, 0.2) is 0 Å². The molecule has 23 aromatic rings. The third-order valence-corrected chi connectivity index (χ3v) is 35.0. The smallest absolute Gasteiger partial charge is 0.144 e. The largest absolute Gasteiger partial charge is 0.455 e. The maximum absolute atomic E-state index is 7.42. The molecular weight excluding hydrogens is 1760 g/mol. The van der Waals surface area contributed by atoms with Crippen molar-refractivity contribution in [3.8, 4) is 200 Å². The number of rotatable bonds is 12. The van der Waals surface area contributed by atoms with Gasteiger partial charge in [-0.1, -0.05) is 374 Å². The predicted octanol–water partition coefficient (Wildman–Crippen LogP) is 39.3. The summed E-state index contributed by atoms with van der Waals surface area (Å²) in [5.74, 6) is 0. The van der Waals surface area contributed by atoms with E-state index in [0.717, 1.165) is 43.9 Å². The minimum Gasteiger partial charge on any atom is -0.455 e. The highest BCUT2D eigenvalue weighted by molar-refractivity contribution is 6.21. The van der Waals surface area contributed by atoms with Crippen molar-refractivity contribution in [3.05, 3.63) is 491 Å². The lowest BCUT2D eigenvalue weighted by molar-refractivity contribution is 0.648. The first-order chi connectivity index (χ1) is 70.8. The first-order valence-corrected chi connectivity index (χ1v) is 51.9. The van der Waals surface area contributed by atoms with Crippen LogP contribution in [-0.2, 0) is 32.5 Å². The fourth-order valence-corrected chi connectivity index (χ4v) is 27.0. The molecule has 0 fully saturated rings. The Morgan fingerprint density at radius 1 is 0.130 bits per heavy atom. The fraction of sp³-hybridized carbons (Fsp3) is 0.125. The Balaban J connectivity index is 0.467. The van der Waals surface area contributed by atoms with Gasteiger partial charge in [0.25, 0.3) is 0 Å². The summed E-state index contributed by atoms with van der Waals surface area (Å²) in [6, 6.07) is 161. The molecule has 0 N–H and O–H groups in total. The van der Waals surface area contributed by atoms with Crippen LogP contribution in [0.1, 0.15) is 150 Å². The van der Waals surface area contributed by atoms with Crippen molar-refractivity contribution < 1.29 is 8.83 Å². The van der Waals surface area contributed by atoms with Gasteiger partial charge < -0.3 is 8.83 Å². The van der Waals surface area contributed by atoms with E-state index in [1.807, 2.05) is 0 Å². The second-order valence-electron chi connectivity index (χ2n) is 45.3. The first kappa shape index (κ1) is 85.9. The molecule has 0 unspecified atom stereocenters. The SMILES string of the molecule is CC1(C)c2cc(-c3cc(-c4ccccc4)cc(-c4cccc(-c5ccccc5)c4)c3)ccc2-c2ccc(-c3ccc4c(c3)C(C)(C)c3cc(-c5cc6c(c7oc8ccccc8c57)-c5cc7c(cc5C6(C)C)-c5c(cc(-c6ccc8c(c6)C(C)(C)c6cc(-c9ccc%10c(c9)C(C)(C)c9cc(-c%11cc(-c%12ccccc%12)cc(-c%12cccc(-c%13ccccc%13)c%12)c%11)ccc9-%10)ccc6-8)c6c5oc5ccccc56)C7(C)C)ccc3-4)cc21. The number of hydrogen-bond donors (Lipinski definition) is 0. The summed E-state index contributed by atoms with van der Waals surface area (Å²) in [7, 11) is 0. The Labute approximate surface area is 853 Å². The summed E-state index contributed by atoms with van der Waals surface area (Å²) in [6.07, 6.45) is 0. The number of benzene rings is 21. The molecule has 2 heterocycles. The average molecular weight is 1870 g/mol. The van der Waals surface area contributed by atoms with E-state index in [9.17, 15) is 0 Å². The molecule has 0 spiro atoms. The highest BCUT2D eigenvalue weighted by Gasteiger charge is 2.48. The van der Waals surface area contributed by atoms with Gasteiger partial charge in [-0.05, 0) is 389 Å². The molecule has 0 bridgehead atoms. The van der Waals surface area contributed by atoms with Gasteiger partial charge in [0.2, 0.25) is 0 Å². The Bertz CT molecular complexity index is 9070. The van der Waals surface area contributed by atoms with Crippen LogP contribution in [0.25, 0.3) is 244 Å². The standard InChI is InChI=1S/C144H106O2/c1-139(2)119-71-91(47-55-105(119)109-59-51-95(75-123(109)139)103-67-99(85-35-21-15-22-36-85)65-101(69-103)89-41-29-39-87(63-89)83-31-17-13-18-32-83)93-49-57-107-111-61-53-97(77-125(111)141(5,6)121(107)73-93)115-79-129-135(137-133(115)113-43-25-27-45-131(113)145-137)117-81-128-118(82-127(117)143(129,9)10)136-130(144(128,11)12)80-116(134-114-44-26-28-46-132(114)146-138(134)136)98-54-62-112-108-58-50-94(74-122(108)142(7,8)126(112)78-98)92-48-56-106-110-60-52-96(76-124(110)140(3,4)120(106)72-92)104-68-100(86-37-23-16-24-38-86)66-102(70-104)90-42-30-40-88(64-90)84-33-19-14-20-34-84/h13-82H,1-12H3. The summed E-state index contributed by atoms with van der Waals surface area (Å²) >= 11 is 0. The van der Waals surface area contributed by atoms with Crippen molar-refractivity contribution in [1.82, 2.24) is 0 Å². The number of hydrogen-bond acceptors (Lipinski definition) is 2. The monoisotopic (exact) mass is 1870 g/mol. The zero-order valence-electron chi connectivity index (χ0n) is 84.2. The molecule has 0 amide bonds. The molecule has 0 atom stereocenters. The third kappa shape index (κ3) is 12.6. The molecule has 694 valence electrons. The third-order valence-electron chi connectivity index (χ3n) is 35.0. The Kier molecular flexibility index (Phi) is 18.2. The summed E-state index contributed by atoms with van der Waals surface area (Å²) in [5, 5.41) is 4.57. The highest BCUT2D eigenvalue weighted by atomic mass is 16.3. The summed E-state index contributed by atoms with van der Waals surface area (Å²) in [5.41, 5.74) is 62.0. The Hall–Kier alpha value is -16.8. The zero-order chi connectivity index (χ0) is 98.2. The minimum absolute atomic E-state index is 0.254. The van der Waals surface area contributed by atoms with Gasteiger partial charge in [-0.2, -0.15) is 0 Å². The lowest BCUT2D eigenvalue weighted by Crippen LogP contribution is -2.17. The molecule has 21 aromatic carbocycles. The van der Waals surface area contributed by atoms with Gasteiger partial charge in [-0.3, -0.25) is 0 Å². The maximum Gasteiger partial charge on any atom is 0.144 e. The molecule has 2 aromatic heterocycles. The van der Waals surface area contributed by atoms with Crippen molar-refractivity contribution >= 4 is 43.9 Å². The molecule has 0 saturated carbocycles. The molecule has 0 saturated heterocycles. The lowest BCUT2D eigenvalue weighted by Gasteiger charge is -2.25. The molecule has 0 radical (unpaired) electrons. The van der Waals surface area contributed by atoms with E-state index in [4.69, 9.17) is 8.83 Å². The molecule has 2 heteroatoms. The van der Waals surface area contributed by atoms with E-state index < -0.39 is 10.8 Å². The van der Waals surface area contributed by atoms with E-state index in [1.54, 1.807) is 0 Å². The van der Waals surface area contributed by atoms with Crippen LogP contribution in [0, 0.1) is 0 Å². The van der Waals surface area contributed by atoms with Crippen LogP contribution in [0.4, 0.5) is 0 Å². The average Bonchev–Trinajstić information content (AvgIpc) is 1.51. The van der Waals surface area contributed by atoms with Crippen LogP contribution < -0.4 is 0 Å². The van der Waals surface area contributed by atoms with Crippen molar-refractivity contribution in [2.75, 3.05) is 0 Å². The van der Waals surface area contributed by atoms with Gasteiger partial charge in [0.05, 0.1) is 0 Å². The van der Waals surface area contributed by atoms with Gasteiger partial charge in [-0.15, -0.1) is 0 Å². The quantitative estimate of drug-likeness (QED) is 0.122. The normalized spacial score (nSPS) is 15.0. The molecule has 29 rings (SSSR count). The van der Waals surface area contributed by atoms with Crippen LogP contribution in [0.3, 0.4) is 0 Å². The second kappa shape index (κ2) is 30.9. The number of fused-ring (bicyclic) bond motifs is 26. The molecule has 6 aliphatic carbocycles. The Morgan fingerprint density at radius 2 is 0.315 bits per heavy atom. The van der Waals surface area contributed by atoms with Crippen LogP contribution in [0.5, 0.6) is 0 Å². The molecule has 146 heavy (non-hydrogen) atoms. The maximum atomic E-state index is 7.42. The van der Waals surface area contributed by atoms with E-state index in [-0.39, 0.29) is 21.7 Å². The van der Waals surface area contributed by atoms with Gasteiger partial charge in [0.1, 0.15) is 22.3 Å². The molecule has 0 aliphatic heterocycles. The van der Waals surface area contributed by atoms with E-state index in [1.165, 1.54) is 267 Å². The summed E-state index contributed by atoms with van der Waals surface area (Å²) < 4.78 is 14.8. The minimum atomic E-state index is -0.423. The van der Waals surface area contributed by atoms with Crippen LogP contribution in [-0.4, -0.2) is 0 Å². The van der Waals surface area contributed by atoms with Crippen molar-refractivity contribution in [3.63, 3.8) is 0 Å². The fourth-order valence-electron chi connectivity index (χ4n) is 27.0. The number of furan rings is 2. The lowest BCUT2D eigenvalue weighted by atomic mass is 9.78. The molecular formula is C144H106O2. The summed E-state index contributed by atoms with van der Waals surface area (Å²) in [6.45, 7) is 29.2. The van der Waals surface area contributed by atoms with Crippen molar-refractivity contribution in [2.24, 2.45) is 0 Å². The molecule has 6 aliphatic rings. The van der Waals surface area contributed by atoms with E-state index in [0.29, 0.717) is 0 Å². The summed E-state index contributed by atoms with van der Waals surface area (Å²) in [4.78, 5) is 0. The van der Waals surface area contributed by atoms with Crippen LogP contribution in [0.15, 0.2) is 433 Å². The zero-order valence-corrected chi connectivity index (χ0v) is 84.2. The van der Waals surface area contributed by atoms with Gasteiger partial charge in [0, 0.05) is 65.2 Å². The molecule has 2 nitrogen and oxygen atoms in total. The van der Waals surface area contributed by atoms with Crippen LogP contribution >= 0.6 is 0 Å². The van der Waals surface area contributed by atoms with Gasteiger partial charge in [-0.25, -0.2) is 0 Å². The highest BCUT2D eigenvalue weighted by Crippen LogP contribution is 2.65. The van der Waals surface area contributed by atoms with Crippen molar-refractivity contribution in [2.45, 2.75) is 116 Å². The Morgan fingerprint density at radius 3 is 0.596 bits per heavy atom. The van der Waals surface area contributed by atoms with E-state index in [2.05, 4.69) is 508 Å². The first-order valence-electron chi connectivity index (χ1n) is 51.9. The van der Waals surface area contributed by atoms with E-state index >= 15 is 0 Å². The predicted molar refractivity (Wildman–Crippen MR) is 612 cm³/mol. The van der Waals surface area contributed by atoms with Crippen LogP contribution in [0.2, 0.25) is 0 Å². The number of para-hydroxylation sites is 2. The topological polar surface area (TPSA) is 26.3 Å². The van der Waals surface area contributed by atoms with Crippen molar-refractivity contribution in [1.29, 1.82) is 0 Å². The second-order valence-corrected chi connectivity index (χ2v) is 45.3.